The molecule has 0 fully saturated rings. The number of rotatable bonds is 6. The van der Waals surface area contributed by atoms with Crippen LogP contribution in [0.3, 0.4) is 0 Å². The maximum atomic E-state index is 14.3. The summed E-state index contributed by atoms with van der Waals surface area (Å²) in [7, 11) is 0. The molecule has 0 amide bonds. The SMILES string of the molecule is CCCN(CCC)[C@@H]1CCc2c(F)ccc(-c3ccco3)c2C1.Cl. The zero-order chi connectivity index (χ0) is 16.2. The van der Waals surface area contributed by atoms with Gasteiger partial charge in [0.2, 0.25) is 0 Å². The highest BCUT2D eigenvalue weighted by Gasteiger charge is 2.27. The molecular weight excluding hydrogens is 325 g/mol. The van der Waals surface area contributed by atoms with Crippen LogP contribution in [0.5, 0.6) is 0 Å². The van der Waals surface area contributed by atoms with Crippen LogP contribution in [0.4, 0.5) is 4.39 Å². The molecule has 0 unspecified atom stereocenters. The zero-order valence-corrected chi connectivity index (χ0v) is 15.4. The summed E-state index contributed by atoms with van der Waals surface area (Å²) >= 11 is 0. The van der Waals surface area contributed by atoms with Gasteiger partial charge in [-0.15, -0.1) is 12.4 Å². The van der Waals surface area contributed by atoms with E-state index in [1.807, 2.05) is 18.2 Å². The van der Waals surface area contributed by atoms with Gasteiger partial charge in [-0.05, 0) is 80.6 Å². The number of fused-ring (bicyclic) bond motifs is 1. The third-order valence-corrected chi connectivity index (χ3v) is 4.87. The van der Waals surface area contributed by atoms with E-state index in [9.17, 15) is 4.39 Å². The molecule has 1 aromatic heterocycles. The predicted molar refractivity (Wildman–Crippen MR) is 99.3 cm³/mol. The van der Waals surface area contributed by atoms with Crippen LogP contribution in [0.1, 0.15) is 44.2 Å². The van der Waals surface area contributed by atoms with Crippen molar-refractivity contribution in [3.05, 3.63) is 47.5 Å². The van der Waals surface area contributed by atoms with E-state index in [0.29, 0.717) is 6.04 Å². The van der Waals surface area contributed by atoms with E-state index < -0.39 is 0 Å². The van der Waals surface area contributed by atoms with Gasteiger partial charge in [0, 0.05) is 11.6 Å². The van der Waals surface area contributed by atoms with E-state index in [-0.39, 0.29) is 18.2 Å². The molecule has 0 saturated carbocycles. The fraction of sp³-hybridized carbons (Fsp3) is 0.500. The van der Waals surface area contributed by atoms with Crippen LogP contribution >= 0.6 is 12.4 Å². The monoisotopic (exact) mass is 351 g/mol. The smallest absolute Gasteiger partial charge is 0.134 e. The van der Waals surface area contributed by atoms with Crippen molar-refractivity contribution >= 4 is 12.4 Å². The normalized spacial score (nSPS) is 16.8. The van der Waals surface area contributed by atoms with E-state index >= 15 is 0 Å². The third kappa shape index (κ3) is 3.84. The topological polar surface area (TPSA) is 16.4 Å². The van der Waals surface area contributed by atoms with Crippen molar-refractivity contribution in [1.82, 2.24) is 4.90 Å². The van der Waals surface area contributed by atoms with Crippen LogP contribution in [0, 0.1) is 5.82 Å². The van der Waals surface area contributed by atoms with E-state index in [1.165, 1.54) is 0 Å². The van der Waals surface area contributed by atoms with Crippen molar-refractivity contribution in [3.63, 3.8) is 0 Å². The number of halogens is 2. The molecule has 1 aliphatic rings. The van der Waals surface area contributed by atoms with Gasteiger partial charge in [-0.1, -0.05) is 13.8 Å². The predicted octanol–water partition coefficient (Wildman–Crippen LogP) is 5.49. The Hall–Kier alpha value is -1.32. The Kier molecular flexibility index (Phi) is 6.88. The lowest BCUT2D eigenvalue weighted by Crippen LogP contribution is -2.40. The van der Waals surface area contributed by atoms with E-state index in [1.54, 1.807) is 12.3 Å². The Morgan fingerprint density at radius 1 is 1.12 bits per heavy atom. The van der Waals surface area contributed by atoms with Crippen molar-refractivity contribution in [2.75, 3.05) is 13.1 Å². The first-order chi connectivity index (χ1) is 11.2. The van der Waals surface area contributed by atoms with Gasteiger partial charge in [-0.2, -0.15) is 0 Å². The number of benzene rings is 1. The van der Waals surface area contributed by atoms with Gasteiger partial charge in [-0.3, -0.25) is 0 Å². The summed E-state index contributed by atoms with van der Waals surface area (Å²) in [4.78, 5) is 2.58. The van der Waals surface area contributed by atoms with Crippen molar-refractivity contribution in [2.24, 2.45) is 0 Å². The van der Waals surface area contributed by atoms with Gasteiger partial charge in [-0.25, -0.2) is 4.39 Å². The maximum Gasteiger partial charge on any atom is 0.134 e. The first kappa shape index (κ1) is 19.0. The molecule has 132 valence electrons. The number of nitrogens with zero attached hydrogens (tertiary/aromatic N) is 1. The Morgan fingerprint density at radius 2 is 1.88 bits per heavy atom. The highest BCUT2D eigenvalue weighted by Crippen LogP contribution is 2.35. The van der Waals surface area contributed by atoms with Gasteiger partial charge in [0.25, 0.3) is 0 Å². The minimum Gasteiger partial charge on any atom is -0.464 e. The standard InChI is InChI=1S/C20H26FNO.ClH/c1-3-11-22(12-4-2)15-7-8-16-18(14-15)17(9-10-19(16)21)20-6-5-13-23-20;/h5-6,9-10,13,15H,3-4,7-8,11-12,14H2,1-2H3;1H/t15-;/m1./s1. The summed E-state index contributed by atoms with van der Waals surface area (Å²) in [5.41, 5.74) is 3.10. The molecule has 2 nitrogen and oxygen atoms in total. The Labute approximate surface area is 150 Å². The largest absolute Gasteiger partial charge is 0.464 e. The second-order valence-corrected chi connectivity index (χ2v) is 6.46. The number of hydrogen-bond donors (Lipinski definition) is 0. The maximum absolute atomic E-state index is 14.3. The van der Waals surface area contributed by atoms with Crippen LogP contribution in [0.25, 0.3) is 11.3 Å². The number of furan rings is 1. The van der Waals surface area contributed by atoms with Crippen LogP contribution < -0.4 is 0 Å². The summed E-state index contributed by atoms with van der Waals surface area (Å²) in [6, 6.07) is 7.84. The van der Waals surface area contributed by atoms with Crippen LogP contribution in [-0.2, 0) is 12.8 Å². The van der Waals surface area contributed by atoms with Crippen molar-refractivity contribution < 1.29 is 8.81 Å². The molecule has 3 rings (SSSR count). The Bertz CT molecular complexity index is 635. The lowest BCUT2D eigenvalue weighted by molar-refractivity contribution is 0.179. The second-order valence-electron chi connectivity index (χ2n) is 6.46. The zero-order valence-electron chi connectivity index (χ0n) is 14.6. The highest BCUT2D eigenvalue weighted by molar-refractivity contribution is 5.85. The van der Waals surface area contributed by atoms with Crippen LogP contribution in [0.15, 0.2) is 34.9 Å². The Morgan fingerprint density at radius 3 is 2.50 bits per heavy atom. The molecule has 1 aromatic carbocycles. The first-order valence-electron chi connectivity index (χ1n) is 8.82. The molecule has 0 N–H and O–H groups in total. The molecule has 0 bridgehead atoms. The minimum atomic E-state index is -0.0636. The van der Waals surface area contributed by atoms with Crippen molar-refractivity contribution in [3.8, 4) is 11.3 Å². The minimum absolute atomic E-state index is 0. The number of hydrogen-bond acceptors (Lipinski definition) is 2. The van der Waals surface area contributed by atoms with Crippen molar-refractivity contribution in [2.45, 2.75) is 52.0 Å². The third-order valence-electron chi connectivity index (χ3n) is 4.87. The summed E-state index contributed by atoms with van der Waals surface area (Å²) in [5, 5.41) is 0. The Balaban J connectivity index is 0.00000208. The van der Waals surface area contributed by atoms with Gasteiger partial charge < -0.3 is 9.32 Å². The molecule has 24 heavy (non-hydrogen) atoms. The van der Waals surface area contributed by atoms with Crippen LogP contribution in [0.2, 0.25) is 0 Å². The van der Waals surface area contributed by atoms with Crippen LogP contribution in [-0.4, -0.2) is 24.0 Å². The average Bonchev–Trinajstić information content (AvgIpc) is 3.09. The highest BCUT2D eigenvalue weighted by atomic mass is 35.5. The second kappa shape index (κ2) is 8.68. The molecule has 0 aliphatic heterocycles. The van der Waals surface area contributed by atoms with E-state index in [0.717, 1.165) is 67.6 Å². The van der Waals surface area contributed by atoms with Gasteiger partial charge >= 0.3 is 0 Å². The molecule has 4 heteroatoms. The lowest BCUT2D eigenvalue weighted by atomic mass is 9.83. The molecular formula is C20H27ClFNO. The fourth-order valence-corrected chi connectivity index (χ4v) is 3.84. The molecule has 2 aromatic rings. The van der Waals surface area contributed by atoms with E-state index in [4.69, 9.17) is 4.42 Å². The summed E-state index contributed by atoms with van der Waals surface area (Å²) in [5.74, 6) is 0.783. The fourth-order valence-electron chi connectivity index (χ4n) is 3.84. The summed E-state index contributed by atoms with van der Waals surface area (Å²) in [6.45, 7) is 6.71. The quantitative estimate of drug-likeness (QED) is 0.684. The van der Waals surface area contributed by atoms with Gasteiger partial charge in [0.05, 0.1) is 6.26 Å². The van der Waals surface area contributed by atoms with Crippen molar-refractivity contribution in [1.29, 1.82) is 0 Å². The van der Waals surface area contributed by atoms with Gasteiger partial charge in [0.1, 0.15) is 11.6 Å². The molecule has 1 heterocycles. The summed E-state index contributed by atoms with van der Waals surface area (Å²) < 4.78 is 19.9. The summed E-state index contributed by atoms with van der Waals surface area (Å²) in [6.07, 6.45) is 6.81. The van der Waals surface area contributed by atoms with Gasteiger partial charge in [0.15, 0.2) is 0 Å². The lowest BCUT2D eigenvalue weighted by Gasteiger charge is -2.35. The molecule has 0 radical (unpaired) electrons. The first-order valence-corrected chi connectivity index (χ1v) is 8.82. The molecule has 0 saturated heterocycles. The molecule has 1 atom stereocenters. The average molecular weight is 352 g/mol. The van der Waals surface area contributed by atoms with E-state index in [2.05, 4.69) is 18.7 Å². The molecule has 1 aliphatic carbocycles. The molecule has 0 spiro atoms.